The zero-order valence-electron chi connectivity index (χ0n) is 8.07. The highest BCUT2D eigenvalue weighted by molar-refractivity contribution is 5.73. The van der Waals surface area contributed by atoms with Crippen LogP contribution in [0.25, 0.3) is 5.57 Å². The van der Waals surface area contributed by atoms with Gasteiger partial charge in [0.25, 0.3) is 0 Å². The number of fused-ring (bicyclic) bond motifs is 4. The van der Waals surface area contributed by atoms with Gasteiger partial charge in [-0.1, -0.05) is 30.3 Å². The number of hydrogen-bond acceptors (Lipinski definition) is 2. The molecule has 0 N–H and O–H groups in total. The fraction of sp³-hybridized carbons (Fsp3) is 0.333. The van der Waals surface area contributed by atoms with Crippen molar-refractivity contribution in [1.82, 2.24) is 0 Å². The molecule has 1 aromatic rings. The van der Waals surface area contributed by atoms with Gasteiger partial charge in [0, 0.05) is 5.56 Å². The van der Waals surface area contributed by atoms with Crippen LogP contribution in [0.4, 0.5) is 0 Å². The summed E-state index contributed by atoms with van der Waals surface area (Å²) in [6.45, 7) is 2.73. The van der Waals surface area contributed by atoms with Crippen LogP contribution in [0.15, 0.2) is 30.3 Å². The van der Waals surface area contributed by atoms with Crippen molar-refractivity contribution in [2.24, 2.45) is 0 Å². The molecule has 72 valence electrons. The van der Waals surface area contributed by atoms with Crippen molar-refractivity contribution in [2.75, 3.05) is 6.61 Å². The van der Waals surface area contributed by atoms with Crippen molar-refractivity contribution in [3.63, 3.8) is 0 Å². The average Bonchev–Trinajstić information content (AvgIpc) is 2.65. The van der Waals surface area contributed by atoms with E-state index in [-0.39, 0.29) is 12.4 Å². The Bertz CT molecular complexity index is 395. The van der Waals surface area contributed by atoms with Gasteiger partial charge >= 0.3 is 0 Å². The van der Waals surface area contributed by atoms with Crippen molar-refractivity contribution in [1.29, 1.82) is 0 Å². The predicted molar refractivity (Wildman–Crippen MR) is 53.7 cm³/mol. The molecule has 2 aliphatic rings. The molecule has 2 unspecified atom stereocenters. The van der Waals surface area contributed by atoms with Gasteiger partial charge in [0.05, 0.1) is 6.61 Å². The Labute approximate surface area is 83.1 Å². The molecule has 0 aromatic heterocycles. The SMILES string of the molecule is C/C=C1/c2ccccc2C2OCC1O2. The third-order valence-electron chi connectivity index (χ3n) is 2.87. The van der Waals surface area contributed by atoms with Crippen LogP contribution < -0.4 is 0 Å². The first kappa shape index (κ1) is 8.21. The Balaban J connectivity index is 2.22. The van der Waals surface area contributed by atoms with Gasteiger partial charge in [0.2, 0.25) is 0 Å². The van der Waals surface area contributed by atoms with E-state index in [0.717, 1.165) is 5.56 Å². The van der Waals surface area contributed by atoms with Crippen LogP contribution >= 0.6 is 0 Å². The summed E-state index contributed by atoms with van der Waals surface area (Å²) in [5.41, 5.74) is 3.71. The Kier molecular flexibility index (Phi) is 1.72. The minimum atomic E-state index is -0.139. The van der Waals surface area contributed by atoms with Crippen LogP contribution in [0.2, 0.25) is 0 Å². The third kappa shape index (κ3) is 0.982. The van der Waals surface area contributed by atoms with Gasteiger partial charge in [0.15, 0.2) is 6.29 Å². The molecule has 2 heteroatoms. The van der Waals surface area contributed by atoms with Crippen molar-refractivity contribution in [2.45, 2.75) is 19.3 Å². The minimum Gasteiger partial charge on any atom is -0.345 e. The first-order chi connectivity index (χ1) is 6.90. The fourth-order valence-electron chi connectivity index (χ4n) is 2.21. The van der Waals surface area contributed by atoms with Crippen LogP contribution in [-0.4, -0.2) is 12.7 Å². The molecule has 1 aromatic carbocycles. The van der Waals surface area contributed by atoms with Gasteiger partial charge in [0.1, 0.15) is 6.10 Å². The number of hydrogen-bond donors (Lipinski definition) is 0. The second-order valence-corrected chi connectivity index (χ2v) is 3.62. The zero-order valence-corrected chi connectivity index (χ0v) is 8.07. The topological polar surface area (TPSA) is 18.5 Å². The van der Waals surface area contributed by atoms with E-state index in [1.54, 1.807) is 0 Å². The molecule has 0 saturated carbocycles. The molecule has 0 aliphatic carbocycles. The van der Waals surface area contributed by atoms with Gasteiger partial charge in [-0.15, -0.1) is 0 Å². The van der Waals surface area contributed by atoms with E-state index >= 15 is 0 Å². The zero-order chi connectivity index (χ0) is 9.54. The molecular weight excluding hydrogens is 176 g/mol. The Morgan fingerprint density at radius 1 is 1.36 bits per heavy atom. The second kappa shape index (κ2) is 2.94. The highest BCUT2D eigenvalue weighted by Gasteiger charge is 2.37. The first-order valence-electron chi connectivity index (χ1n) is 4.92. The fourth-order valence-corrected chi connectivity index (χ4v) is 2.21. The lowest BCUT2D eigenvalue weighted by atomic mass is 9.94. The molecule has 2 atom stereocenters. The summed E-state index contributed by atoms with van der Waals surface area (Å²) in [5, 5.41) is 0. The van der Waals surface area contributed by atoms with E-state index in [2.05, 4.69) is 24.3 Å². The van der Waals surface area contributed by atoms with Crippen LogP contribution in [0.1, 0.15) is 24.3 Å². The maximum Gasteiger partial charge on any atom is 0.185 e. The van der Waals surface area contributed by atoms with Crippen molar-refractivity contribution in [3.05, 3.63) is 41.5 Å². The molecule has 0 amide bonds. The number of allylic oxidation sites excluding steroid dienone is 1. The summed E-state index contributed by atoms with van der Waals surface area (Å²) < 4.78 is 11.3. The van der Waals surface area contributed by atoms with E-state index in [0.29, 0.717) is 6.61 Å². The third-order valence-corrected chi connectivity index (χ3v) is 2.87. The Morgan fingerprint density at radius 3 is 3.07 bits per heavy atom. The van der Waals surface area contributed by atoms with E-state index in [9.17, 15) is 0 Å². The van der Waals surface area contributed by atoms with Crippen LogP contribution in [-0.2, 0) is 9.47 Å². The van der Waals surface area contributed by atoms with Crippen molar-refractivity contribution in [3.8, 4) is 0 Å². The smallest absolute Gasteiger partial charge is 0.185 e. The maximum absolute atomic E-state index is 5.74. The molecule has 1 fully saturated rings. The maximum atomic E-state index is 5.74. The minimum absolute atomic E-state index is 0.139. The molecule has 0 radical (unpaired) electrons. The highest BCUT2D eigenvalue weighted by Crippen LogP contribution is 2.42. The summed E-state index contributed by atoms with van der Waals surface area (Å²) in [6, 6.07) is 8.30. The van der Waals surface area contributed by atoms with Crippen molar-refractivity contribution >= 4 is 5.57 Å². The van der Waals surface area contributed by atoms with Gasteiger partial charge in [-0.25, -0.2) is 0 Å². The molecule has 2 aliphatic heterocycles. The quantitative estimate of drug-likeness (QED) is 0.622. The predicted octanol–water partition coefficient (Wildman–Crippen LogP) is 2.52. The van der Waals surface area contributed by atoms with E-state index in [1.165, 1.54) is 11.1 Å². The van der Waals surface area contributed by atoms with Crippen molar-refractivity contribution < 1.29 is 9.47 Å². The molecular formula is C12H12O2. The summed E-state index contributed by atoms with van der Waals surface area (Å²) in [6.07, 6.45) is 2.12. The number of rotatable bonds is 0. The molecule has 1 saturated heterocycles. The van der Waals surface area contributed by atoms with Gasteiger partial charge < -0.3 is 9.47 Å². The molecule has 3 rings (SSSR count). The largest absolute Gasteiger partial charge is 0.345 e. The summed E-state index contributed by atoms with van der Waals surface area (Å²) in [5.74, 6) is 0. The Morgan fingerprint density at radius 2 is 2.21 bits per heavy atom. The van der Waals surface area contributed by atoms with Crippen LogP contribution in [0.3, 0.4) is 0 Å². The first-order valence-corrected chi connectivity index (χ1v) is 4.92. The lowest BCUT2D eigenvalue weighted by molar-refractivity contribution is -0.0559. The second-order valence-electron chi connectivity index (χ2n) is 3.62. The van der Waals surface area contributed by atoms with Crippen LogP contribution in [0, 0.1) is 0 Å². The van der Waals surface area contributed by atoms with Gasteiger partial charge in [-0.3, -0.25) is 0 Å². The lowest BCUT2D eigenvalue weighted by Gasteiger charge is -2.24. The van der Waals surface area contributed by atoms with Gasteiger partial charge in [-0.05, 0) is 18.1 Å². The normalized spacial score (nSPS) is 31.9. The molecule has 2 heterocycles. The average molecular weight is 188 g/mol. The summed E-state index contributed by atoms with van der Waals surface area (Å²) >= 11 is 0. The molecule has 14 heavy (non-hydrogen) atoms. The summed E-state index contributed by atoms with van der Waals surface area (Å²) in [4.78, 5) is 0. The molecule has 0 spiro atoms. The van der Waals surface area contributed by atoms with Gasteiger partial charge in [-0.2, -0.15) is 0 Å². The van der Waals surface area contributed by atoms with E-state index < -0.39 is 0 Å². The van der Waals surface area contributed by atoms with Crippen LogP contribution in [0.5, 0.6) is 0 Å². The van der Waals surface area contributed by atoms with E-state index in [1.807, 2.05) is 13.0 Å². The highest BCUT2D eigenvalue weighted by atomic mass is 16.7. The lowest BCUT2D eigenvalue weighted by Crippen LogP contribution is -2.18. The number of ether oxygens (including phenoxy) is 2. The standard InChI is InChI=1S/C12H12O2/c1-2-8-9-5-3-4-6-10(9)12-13-7-11(8)14-12/h2-6,11-12H,7H2,1H3/b8-2-. The summed E-state index contributed by atoms with van der Waals surface area (Å²) in [7, 11) is 0. The Hall–Kier alpha value is -1.12. The van der Waals surface area contributed by atoms with E-state index in [4.69, 9.17) is 9.47 Å². The number of benzene rings is 1. The molecule has 2 nitrogen and oxygen atoms in total. The molecule has 2 bridgehead atoms. The monoisotopic (exact) mass is 188 g/mol.